The minimum atomic E-state index is -3.85. The Morgan fingerprint density at radius 2 is 1.71 bits per heavy atom. The van der Waals surface area contributed by atoms with Crippen molar-refractivity contribution in [2.75, 3.05) is 24.2 Å². The van der Waals surface area contributed by atoms with Gasteiger partial charge in [-0.3, -0.25) is 13.9 Å². The maximum Gasteiger partial charge on any atom is 0.244 e. The van der Waals surface area contributed by atoms with E-state index in [0.29, 0.717) is 5.75 Å². The van der Waals surface area contributed by atoms with E-state index in [0.717, 1.165) is 27.3 Å². The molecule has 0 aromatic heterocycles. The Morgan fingerprint density at radius 3 is 2.26 bits per heavy atom. The average molecular weight is 504 g/mol. The van der Waals surface area contributed by atoms with E-state index in [1.165, 1.54) is 12.0 Å². The quantitative estimate of drug-likeness (QED) is 0.566. The van der Waals surface area contributed by atoms with Gasteiger partial charge >= 0.3 is 0 Å². The Hall–Kier alpha value is -3.07. The van der Waals surface area contributed by atoms with Crippen LogP contribution in [0, 0.1) is 13.8 Å². The second-order valence-corrected chi connectivity index (χ2v) is 11.7. The summed E-state index contributed by atoms with van der Waals surface area (Å²) in [6.07, 6.45) is 1.05. The minimum Gasteiger partial charge on any atom is -0.495 e. The number of amides is 2. The van der Waals surface area contributed by atoms with Crippen LogP contribution in [0.2, 0.25) is 0 Å². The Kier molecular flexibility index (Phi) is 8.94. The Bertz CT molecular complexity index is 1170. The maximum absolute atomic E-state index is 13.7. The summed E-state index contributed by atoms with van der Waals surface area (Å²) in [6, 6.07) is 11.9. The predicted molar refractivity (Wildman–Crippen MR) is 139 cm³/mol. The van der Waals surface area contributed by atoms with Crippen LogP contribution in [0.4, 0.5) is 5.69 Å². The second-order valence-electron chi connectivity index (χ2n) is 9.81. The highest BCUT2D eigenvalue weighted by Crippen LogP contribution is 2.31. The van der Waals surface area contributed by atoms with Crippen LogP contribution in [-0.4, -0.2) is 56.6 Å². The Morgan fingerprint density at radius 1 is 1.09 bits per heavy atom. The molecule has 0 fully saturated rings. The lowest BCUT2D eigenvalue weighted by Crippen LogP contribution is -2.54. The predicted octanol–water partition coefficient (Wildman–Crippen LogP) is 3.41. The van der Waals surface area contributed by atoms with Crippen molar-refractivity contribution >= 4 is 27.5 Å². The van der Waals surface area contributed by atoms with Crippen LogP contribution in [0.3, 0.4) is 0 Å². The summed E-state index contributed by atoms with van der Waals surface area (Å²) in [5.41, 5.74) is 2.43. The van der Waals surface area contributed by atoms with Crippen molar-refractivity contribution in [3.8, 4) is 5.75 Å². The fourth-order valence-corrected chi connectivity index (χ4v) is 4.46. The standard InChI is InChI=1S/C26H37N3O5S/c1-18-13-14-23(34-7)22(15-18)29(35(8,32)33)17-24(30)28(16-21-12-10-9-11-19(21)2)20(3)25(31)27-26(4,5)6/h9-15,20H,16-17H2,1-8H3,(H,27,31)/t20-/m1/s1. The normalized spacial score (nSPS) is 12.6. The van der Waals surface area contributed by atoms with Gasteiger partial charge in [0.05, 0.1) is 19.1 Å². The molecule has 0 bridgehead atoms. The van der Waals surface area contributed by atoms with Crippen LogP contribution in [0.25, 0.3) is 0 Å². The monoisotopic (exact) mass is 503 g/mol. The van der Waals surface area contributed by atoms with Crippen molar-refractivity contribution in [2.24, 2.45) is 0 Å². The van der Waals surface area contributed by atoms with Gasteiger partial charge in [-0.1, -0.05) is 30.3 Å². The molecule has 0 aliphatic carbocycles. The van der Waals surface area contributed by atoms with Gasteiger partial charge in [-0.15, -0.1) is 0 Å². The first-order valence-electron chi connectivity index (χ1n) is 11.4. The van der Waals surface area contributed by atoms with Gasteiger partial charge in [0, 0.05) is 12.1 Å². The Balaban J connectivity index is 2.49. The van der Waals surface area contributed by atoms with E-state index < -0.39 is 34.1 Å². The highest BCUT2D eigenvalue weighted by molar-refractivity contribution is 7.92. The van der Waals surface area contributed by atoms with Crippen LogP contribution in [0.1, 0.15) is 44.4 Å². The molecule has 1 atom stereocenters. The molecule has 0 radical (unpaired) electrons. The average Bonchev–Trinajstić information content (AvgIpc) is 2.74. The number of rotatable bonds is 9. The summed E-state index contributed by atoms with van der Waals surface area (Å²) >= 11 is 0. The minimum absolute atomic E-state index is 0.160. The first-order valence-corrected chi connectivity index (χ1v) is 13.3. The topological polar surface area (TPSA) is 96.0 Å². The molecule has 0 unspecified atom stereocenters. The van der Waals surface area contributed by atoms with Gasteiger partial charge in [-0.2, -0.15) is 0 Å². The number of nitrogens with zero attached hydrogens (tertiary/aromatic N) is 2. The zero-order valence-corrected chi connectivity index (χ0v) is 22.7. The van der Waals surface area contributed by atoms with Gasteiger partial charge in [0.25, 0.3) is 0 Å². The highest BCUT2D eigenvalue weighted by atomic mass is 32.2. The summed E-state index contributed by atoms with van der Waals surface area (Å²) in [4.78, 5) is 28.1. The van der Waals surface area contributed by atoms with E-state index in [1.807, 2.05) is 58.9 Å². The molecular weight excluding hydrogens is 466 g/mol. The number of nitrogens with one attached hydrogen (secondary N) is 1. The molecule has 8 nitrogen and oxygen atoms in total. The maximum atomic E-state index is 13.7. The molecule has 0 heterocycles. The number of hydrogen-bond acceptors (Lipinski definition) is 5. The number of anilines is 1. The molecule has 0 spiro atoms. The third-order valence-electron chi connectivity index (χ3n) is 5.55. The molecule has 0 saturated heterocycles. The molecule has 1 N–H and O–H groups in total. The number of benzene rings is 2. The summed E-state index contributed by atoms with van der Waals surface area (Å²) in [6.45, 7) is 10.7. The number of carbonyl (C=O) groups excluding carboxylic acids is 2. The molecule has 0 aliphatic rings. The van der Waals surface area contributed by atoms with Crippen molar-refractivity contribution < 1.29 is 22.7 Å². The molecule has 2 aromatic carbocycles. The molecule has 9 heteroatoms. The lowest BCUT2D eigenvalue weighted by atomic mass is 10.1. The van der Waals surface area contributed by atoms with E-state index >= 15 is 0 Å². The van der Waals surface area contributed by atoms with Gasteiger partial charge < -0.3 is 15.0 Å². The molecule has 2 rings (SSSR count). The van der Waals surface area contributed by atoms with Crippen molar-refractivity contribution in [1.82, 2.24) is 10.2 Å². The molecule has 2 aromatic rings. The SMILES string of the molecule is COc1ccc(C)cc1N(CC(=O)N(Cc1ccccc1C)[C@H](C)C(=O)NC(C)(C)C)S(C)(=O)=O. The fraction of sp³-hybridized carbons (Fsp3) is 0.462. The van der Waals surface area contributed by atoms with Crippen molar-refractivity contribution in [2.45, 2.75) is 59.7 Å². The zero-order valence-electron chi connectivity index (χ0n) is 21.9. The zero-order chi connectivity index (χ0) is 26.6. The van der Waals surface area contributed by atoms with E-state index in [2.05, 4.69) is 5.32 Å². The van der Waals surface area contributed by atoms with Gasteiger partial charge in [0.1, 0.15) is 18.3 Å². The van der Waals surface area contributed by atoms with Gasteiger partial charge in [0.15, 0.2) is 0 Å². The number of hydrogen-bond donors (Lipinski definition) is 1. The summed E-state index contributed by atoms with van der Waals surface area (Å²) in [7, 11) is -2.40. The third-order valence-corrected chi connectivity index (χ3v) is 6.68. The lowest BCUT2D eigenvalue weighted by Gasteiger charge is -2.33. The van der Waals surface area contributed by atoms with E-state index in [4.69, 9.17) is 4.74 Å². The number of ether oxygens (including phenoxy) is 1. The van der Waals surface area contributed by atoms with Crippen LogP contribution in [0.5, 0.6) is 5.75 Å². The molecule has 0 aliphatic heterocycles. The number of sulfonamides is 1. The fourth-order valence-electron chi connectivity index (χ4n) is 3.62. The van der Waals surface area contributed by atoms with Crippen molar-refractivity contribution in [3.05, 3.63) is 59.2 Å². The van der Waals surface area contributed by atoms with E-state index in [9.17, 15) is 18.0 Å². The van der Waals surface area contributed by atoms with Crippen LogP contribution in [0.15, 0.2) is 42.5 Å². The number of aryl methyl sites for hydroxylation is 2. The number of carbonyl (C=O) groups is 2. The third kappa shape index (κ3) is 7.71. The first kappa shape index (κ1) is 28.2. The first-order chi connectivity index (χ1) is 16.1. The lowest BCUT2D eigenvalue weighted by molar-refractivity contribution is -0.140. The Labute approximate surface area is 209 Å². The van der Waals surface area contributed by atoms with Crippen molar-refractivity contribution in [1.29, 1.82) is 0 Å². The molecule has 0 saturated carbocycles. The highest BCUT2D eigenvalue weighted by Gasteiger charge is 2.32. The molecular formula is C26H37N3O5S. The van der Waals surface area contributed by atoms with Crippen molar-refractivity contribution in [3.63, 3.8) is 0 Å². The van der Waals surface area contributed by atoms with Gasteiger partial charge in [0.2, 0.25) is 21.8 Å². The molecule has 192 valence electrons. The van der Waals surface area contributed by atoms with Crippen LogP contribution < -0.4 is 14.4 Å². The summed E-state index contributed by atoms with van der Waals surface area (Å²) in [5.74, 6) is -0.491. The van der Waals surface area contributed by atoms with Gasteiger partial charge in [-0.25, -0.2) is 8.42 Å². The van der Waals surface area contributed by atoms with E-state index in [1.54, 1.807) is 25.1 Å². The van der Waals surface area contributed by atoms with Gasteiger partial charge in [-0.05, 0) is 70.4 Å². The summed E-state index contributed by atoms with van der Waals surface area (Å²) in [5, 5.41) is 2.91. The largest absolute Gasteiger partial charge is 0.495 e. The smallest absolute Gasteiger partial charge is 0.244 e. The molecule has 2 amide bonds. The van der Waals surface area contributed by atoms with Crippen LogP contribution >= 0.6 is 0 Å². The number of methoxy groups -OCH3 is 1. The second kappa shape index (κ2) is 11.1. The molecule has 35 heavy (non-hydrogen) atoms. The van der Waals surface area contributed by atoms with E-state index in [-0.39, 0.29) is 18.1 Å². The van der Waals surface area contributed by atoms with Crippen LogP contribution in [-0.2, 0) is 26.2 Å². The summed E-state index contributed by atoms with van der Waals surface area (Å²) < 4.78 is 32.0.